The molecule has 0 saturated carbocycles. The molecular weight excluding hydrogens is 441 g/mol. The summed E-state index contributed by atoms with van der Waals surface area (Å²) >= 11 is 0. The van der Waals surface area contributed by atoms with Crippen LogP contribution < -0.4 is 5.32 Å². The smallest absolute Gasteiger partial charge is 0.270 e. The van der Waals surface area contributed by atoms with Gasteiger partial charge in [-0.25, -0.2) is 9.37 Å². The number of pyridine rings is 2. The first-order chi connectivity index (χ1) is 18.0. The normalized spacial score (nSPS) is 12.9. The van der Waals surface area contributed by atoms with Crippen LogP contribution in [0.1, 0.15) is 59.8 Å². The number of hydrogen-bond donors (Lipinski definition) is 2. The molecule has 2 N–H and O–H groups in total. The van der Waals surface area contributed by atoms with E-state index < -0.39 is 24.6 Å². The highest BCUT2D eigenvalue weighted by Crippen LogP contribution is 2.30. The average Bonchev–Trinajstić information content (AvgIpc) is 2.87. The minimum atomic E-state index is -2.31. The van der Waals surface area contributed by atoms with Crippen molar-refractivity contribution in [3.63, 3.8) is 0 Å². The van der Waals surface area contributed by atoms with Gasteiger partial charge in [0.25, 0.3) is 5.91 Å². The number of carbonyl (C=O) groups is 1. The maximum absolute atomic E-state index is 14.1. The SMILES string of the molecule is [2H]C([2H])([2H])c1ccc(C(NC(=O)c2cc(C#Cc3ccc(C)nc3)cc(C)n2)c2cc(F)ccc2O)cc1. The third kappa shape index (κ3) is 5.90. The Kier molecular flexibility index (Phi) is 5.80. The molecule has 0 radical (unpaired) electrons. The van der Waals surface area contributed by atoms with Crippen molar-refractivity contribution in [3.8, 4) is 17.6 Å². The predicted molar refractivity (Wildman–Crippen MR) is 132 cm³/mol. The highest BCUT2D eigenvalue weighted by atomic mass is 19.1. The minimum Gasteiger partial charge on any atom is -0.508 e. The van der Waals surface area contributed by atoms with E-state index in [4.69, 9.17) is 4.11 Å². The van der Waals surface area contributed by atoms with Crippen molar-refractivity contribution in [1.29, 1.82) is 0 Å². The first-order valence-electron chi connectivity index (χ1n) is 12.3. The lowest BCUT2D eigenvalue weighted by Gasteiger charge is -2.21. The minimum absolute atomic E-state index is 0.0799. The maximum atomic E-state index is 14.1. The molecule has 4 aromatic rings. The third-order valence-corrected chi connectivity index (χ3v) is 5.27. The van der Waals surface area contributed by atoms with Gasteiger partial charge in [0.05, 0.1) is 6.04 Å². The van der Waals surface area contributed by atoms with Gasteiger partial charge in [-0.15, -0.1) is 0 Å². The largest absolute Gasteiger partial charge is 0.508 e. The molecule has 1 amide bonds. The first-order valence-corrected chi connectivity index (χ1v) is 10.8. The summed E-state index contributed by atoms with van der Waals surface area (Å²) in [7, 11) is 0. The van der Waals surface area contributed by atoms with Crippen molar-refractivity contribution < 1.29 is 18.4 Å². The summed E-state index contributed by atoms with van der Waals surface area (Å²) < 4.78 is 36.9. The van der Waals surface area contributed by atoms with E-state index in [-0.39, 0.29) is 22.6 Å². The Morgan fingerprint density at radius 1 is 1.00 bits per heavy atom. The van der Waals surface area contributed by atoms with Gasteiger partial charge in [-0.3, -0.25) is 9.78 Å². The number of aryl methyl sites for hydroxylation is 3. The van der Waals surface area contributed by atoms with Gasteiger partial charge in [0.15, 0.2) is 0 Å². The molecule has 6 heteroatoms. The number of benzene rings is 2. The van der Waals surface area contributed by atoms with Crippen LogP contribution in [-0.4, -0.2) is 21.0 Å². The van der Waals surface area contributed by atoms with Crippen molar-refractivity contribution in [2.24, 2.45) is 0 Å². The lowest BCUT2D eigenvalue weighted by atomic mass is 9.96. The van der Waals surface area contributed by atoms with Gasteiger partial charge < -0.3 is 10.4 Å². The van der Waals surface area contributed by atoms with Crippen LogP contribution in [-0.2, 0) is 0 Å². The lowest BCUT2D eigenvalue weighted by Crippen LogP contribution is -2.30. The number of phenolic OH excluding ortho intramolecular Hbond substituents is 1. The number of halogens is 1. The van der Waals surface area contributed by atoms with E-state index >= 15 is 0 Å². The van der Waals surface area contributed by atoms with Crippen molar-refractivity contribution in [2.45, 2.75) is 26.7 Å². The molecular formula is C29H24FN3O2. The summed E-state index contributed by atoms with van der Waals surface area (Å²) in [6.07, 6.45) is 1.66. The highest BCUT2D eigenvalue weighted by molar-refractivity contribution is 5.93. The molecule has 0 saturated heterocycles. The maximum Gasteiger partial charge on any atom is 0.270 e. The van der Waals surface area contributed by atoms with E-state index in [0.29, 0.717) is 16.8 Å². The van der Waals surface area contributed by atoms with Crippen LogP contribution in [0.4, 0.5) is 4.39 Å². The van der Waals surface area contributed by atoms with Gasteiger partial charge >= 0.3 is 0 Å². The molecule has 0 bridgehead atoms. The number of aromatic nitrogens is 2. The summed E-state index contributed by atoms with van der Waals surface area (Å²) in [5.74, 6) is 4.62. The number of carbonyl (C=O) groups excluding carboxylic acids is 1. The van der Waals surface area contributed by atoms with Gasteiger partial charge in [0.2, 0.25) is 0 Å². The summed E-state index contributed by atoms with van der Waals surface area (Å²) in [5, 5.41) is 13.3. The van der Waals surface area contributed by atoms with Gasteiger partial charge in [0, 0.05) is 38.4 Å². The zero-order chi connectivity index (χ0) is 27.4. The quantitative estimate of drug-likeness (QED) is 0.406. The van der Waals surface area contributed by atoms with E-state index in [1.54, 1.807) is 19.2 Å². The Hall–Kier alpha value is -4.50. The number of aromatic hydroxyl groups is 1. The van der Waals surface area contributed by atoms with Crippen molar-refractivity contribution in [3.05, 3.63) is 124 Å². The molecule has 4 rings (SSSR count). The standard InChI is InChI=1S/C29H24FN3O2/c1-18-4-10-23(11-5-18)28(25-16-24(30)12-13-27(25)34)33-29(35)26-15-22(14-20(3)32-26)9-8-21-7-6-19(2)31-17-21/h4-7,10-17,28,34H,1-3H3,(H,33,35)/i1D3. The Bertz CT molecular complexity index is 1540. The fourth-order valence-corrected chi connectivity index (χ4v) is 3.52. The number of nitrogens with zero attached hydrogens (tertiary/aromatic N) is 2. The van der Waals surface area contributed by atoms with Crippen LogP contribution in [0.15, 0.2) is 72.9 Å². The van der Waals surface area contributed by atoms with Crippen molar-refractivity contribution >= 4 is 5.91 Å². The highest BCUT2D eigenvalue weighted by Gasteiger charge is 2.22. The van der Waals surface area contributed by atoms with Gasteiger partial charge in [-0.1, -0.05) is 41.7 Å². The molecule has 2 aromatic carbocycles. The summed E-state index contributed by atoms with van der Waals surface area (Å²) in [5.41, 5.74) is 3.48. The molecule has 0 fully saturated rings. The zero-order valence-corrected chi connectivity index (χ0v) is 19.1. The second-order valence-electron chi connectivity index (χ2n) is 8.05. The second-order valence-corrected chi connectivity index (χ2v) is 8.05. The van der Waals surface area contributed by atoms with Crippen LogP contribution in [0, 0.1) is 38.4 Å². The van der Waals surface area contributed by atoms with Crippen LogP contribution in [0.2, 0.25) is 0 Å². The summed E-state index contributed by atoms with van der Waals surface area (Å²) in [4.78, 5) is 21.9. The molecule has 5 nitrogen and oxygen atoms in total. The molecule has 1 unspecified atom stereocenters. The Balaban J connectivity index is 1.68. The van der Waals surface area contributed by atoms with Crippen molar-refractivity contribution in [2.75, 3.05) is 0 Å². The molecule has 0 aliphatic heterocycles. The zero-order valence-electron chi connectivity index (χ0n) is 22.1. The predicted octanol–water partition coefficient (Wildman–Crippen LogP) is 5.17. The van der Waals surface area contributed by atoms with E-state index in [1.165, 1.54) is 36.4 Å². The molecule has 1 atom stereocenters. The monoisotopic (exact) mass is 468 g/mol. The van der Waals surface area contributed by atoms with Crippen LogP contribution in [0.3, 0.4) is 0 Å². The molecule has 0 aliphatic rings. The lowest BCUT2D eigenvalue weighted by molar-refractivity contribution is 0.0937. The molecule has 2 heterocycles. The van der Waals surface area contributed by atoms with E-state index in [9.17, 15) is 14.3 Å². The molecule has 35 heavy (non-hydrogen) atoms. The molecule has 2 aromatic heterocycles. The Morgan fingerprint density at radius 3 is 2.49 bits per heavy atom. The van der Waals surface area contributed by atoms with E-state index in [0.717, 1.165) is 23.4 Å². The van der Waals surface area contributed by atoms with E-state index in [1.807, 2.05) is 19.1 Å². The second kappa shape index (κ2) is 10.2. The molecule has 0 spiro atoms. The third-order valence-electron chi connectivity index (χ3n) is 5.27. The van der Waals surface area contributed by atoms with Gasteiger partial charge in [0.1, 0.15) is 17.3 Å². The van der Waals surface area contributed by atoms with Crippen LogP contribution in [0.5, 0.6) is 5.75 Å². The van der Waals surface area contributed by atoms with E-state index in [2.05, 4.69) is 27.1 Å². The number of amides is 1. The fourth-order valence-electron chi connectivity index (χ4n) is 3.52. The molecule has 0 aliphatic carbocycles. The molecule has 174 valence electrons. The topological polar surface area (TPSA) is 75.1 Å². The number of rotatable bonds is 4. The van der Waals surface area contributed by atoms with Crippen LogP contribution >= 0.6 is 0 Å². The van der Waals surface area contributed by atoms with Gasteiger partial charge in [-0.05, 0) is 68.7 Å². The average molecular weight is 469 g/mol. The van der Waals surface area contributed by atoms with Crippen molar-refractivity contribution in [1.82, 2.24) is 15.3 Å². The Morgan fingerprint density at radius 2 is 1.77 bits per heavy atom. The number of hydrogen-bond acceptors (Lipinski definition) is 4. The first kappa shape index (κ1) is 19.9. The number of nitrogens with one attached hydrogen (secondary N) is 1. The van der Waals surface area contributed by atoms with Crippen LogP contribution in [0.25, 0.3) is 0 Å². The number of phenols is 1. The summed E-state index contributed by atoms with van der Waals surface area (Å²) in [6.45, 7) is 1.31. The fraction of sp³-hybridized carbons (Fsp3) is 0.138. The summed E-state index contributed by atoms with van der Waals surface area (Å²) in [6, 6.07) is 15.3. The Labute approximate surface area is 207 Å². The van der Waals surface area contributed by atoms with Gasteiger partial charge in [-0.2, -0.15) is 0 Å².